The lowest BCUT2D eigenvalue weighted by atomic mass is 10.0. The Hall–Kier alpha value is -3.91. The molecule has 0 unspecified atom stereocenters. The quantitative estimate of drug-likeness (QED) is 0.310. The molecule has 0 fully saturated rings. The lowest BCUT2D eigenvalue weighted by molar-refractivity contribution is 0.452. The normalized spacial score (nSPS) is 10.6. The average Bonchev–Trinajstić information content (AvgIpc) is 3.22. The third-order valence-corrected chi connectivity index (χ3v) is 4.97. The van der Waals surface area contributed by atoms with Crippen LogP contribution in [-0.4, -0.2) is 37.4 Å². The van der Waals surface area contributed by atoms with Crippen LogP contribution >= 0.6 is 12.2 Å². The van der Waals surface area contributed by atoms with Gasteiger partial charge in [-0.1, -0.05) is 36.5 Å². The van der Waals surface area contributed by atoms with E-state index < -0.39 is 0 Å². The first-order valence-electron chi connectivity index (χ1n) is 9.17. The number of phenols is 2. The number of nitrogens with one attached hydrogen (secondary N) is 3. The van der Waals surface area contributed by atoms with Crippen molar-refractivity contribution in [3.63, 3.8) is 0 Å². The Morgan fingerprint density at radius 1 is 0.967 bits per heavy atom. The topological polar surface area (TPSA) is 106 Å². The fourth-order valence-corrected chi connectivity index (χ4v) is 3.13. The number of aromatic hydroxyl groups is 2. The molecule has 2 heterocycles. The van der Waals surface area contributed by atoms with Crippen LogP contribution < -0.4 is 10.6 Å². The summed E-state index contributed by atoms with van der Waals surface area (Å²) in [5.41, 5.74) is 4.81. The molecule has 0 saturated heterocycles. The standard InChI is InChI=1S/C22H19N5O2S/c1-23-22(30)18-9-6-15(12-24-18)25-21-11-19(26-27-21)14-4-2-13(3-5-14)17-8-7-16(28)10-20(17)29/h2-12,28-29H,1H3,(H,23,30)(H2,25,26,27). The van der Waals surface area contributed by atoms with E-state index >= 15 is 0 Å². The highest BCUT2D eigenvalue weighted by Gasteiger charge is 2.08. The summed E-state index contributed by atoms with van der Waals surface area (Å²) in [4.78, 5) is 4.91. The fraction of sp³-hybridized carbons (Fsp3) is 0.0455. The highest BCUT2D eigenvalue weighted by atomic mass is 32.1. The summed E-state index contributed by atoms with van der Waals surface area (Å²) >= 11 is 5.17. The van der Waals surface area contributed by atoms with E-state index in [2.05, 4.69) is 25.8 Å². The first-order chi connectivity index (χ1) is 14.5. The van der Waals surface area contributed by atoms with Gasteiger partial charge < -0.3 is 20.8 Å². The van der Waals surface area contributed by atoms with Gasteiger partial charge in [-0.05, 0) is 35.4 Å². The van der Waals surface area contributed by atoms with Gasteiger partial charge in [-0.25, -0.2) is 0 Å². The molecule has 30 heavy (non-hydrogen) atoms. The fourth-order valence-electron chi connectivity index (χ4n) is 3.01. The summed E-state index contributed by atoms with van der Waals surface area (Å²) in [7, 11) is 1.77. The zero-order valence-corrected chi connectivity index (χ0v) is 16.9. The van der Waals surface area contributed by atoms with E-state index in [0.29, 0.717) is 22.1 Å². The molecular formula is C22H19N5O2S. The second kappa shape index (κ2) is 8.22. The van der Waals surface area contributed by atoms with E-state index in [9.17, 15) is 10.2 Å². The molecular weight excluding hydrogens is 398 g/mol. The van der Waals surface area contributed by atoms with E-state index in [-0.39, 0.29) is 11.5 Å². The van der Waals surface area contributed by atoms with Crippen LogP contribution in [0, 0.1) is 0 Å². The Morgan fingerprint density at radius 3 is 2.40 bits per heavy atom. The molecule has 2 aromatic carbocycles. The molecule has 0 radical (unpaired) electrons. The van der Waals surface area contributed by atoms with Crippen molar-refractivity contribution in [3.8, 4) is 33.9 Å². The predicted octanol–water partition coefficient (Wildman–Crippen LogP) is 4.19. The number of pyridine rings is 1. The molecule has 0 atom stereocenters. The molecule has 0 amide bonds. The molecule has 150 valence electrons. The van der Waals surface area contributed by atoms with Gasteiger partial charge in [0.1, 0.15) is 16.5 Å². The van der Waals surface area contributed by atoms with Crippen molar-refractivity contribution < 1.29 is 10.2 Å². The van der Waals surface area contributed by atoms with E-state index in [0.717, 1.165) is 22.5 Å². The van der Waals surface area contributed by atoms with Gasteiger partial charge in [-0.15, -0.1) is 0 Å². The second-order valence-electron chi connectivity index (χ2n) is 6.58. The monoisotopic (exact) mass is 417 g/mol. The number of aromatic nitrogens is 3. The number of anilines is 2. The van der Waals surface area contributed by atoms with Crippen LogP contribution in [0.5, 0.6) is 11.5 Å². The number of hydrogen-bond donors (Lipinski definition) is 5. The summed E-state index contributed by atoms with van der Waals surface area (Å²) in [5, 5.41) is 32.9. The smallest absolute Gasteiger partial charge is 0.152 e. The second-order valence-corrected chi connectivity index (χ2v) is 6.99. The first-order valence-corrected chi connectivity index (χ1v) is 9.57. The molecule has 7 nitrogen and oxygen atoms in total. The number of nitrogens with zero attached hydrogens (tertiary/aromatic N) is 2. The van der Waals surface area contributed by atoms with Crippen LogP contribution in [0.4, 0.5) is 11.5 Å². The summed E-state index contributed by atoms with van der Waals surface area (Å²) < 4.78 is 0. The summed E-state index contributed by atoms with van der Waals surface area (Å²) in [5.74, 6) is 0.724. The number of phenolic OH excluding ortho intramolecular Hbond substituents is 2. The van der Waals surface area contributed by atoms with Gasteiger partial charge >= 0.3 is 0 Å². The molecule has 0 aliphatic rings. The molecule has 0 saturated carbocycles. The van der Waals surface area contributed by atoms with E-state index in [4.69, 9.17) is 12.2 Å². The minimum Gasteiger partial charge on any atom is -0.508 e. The molecule has 2 aromatic heterocycles. The molecule has 4 rings (SSSR count). The number of hydrogen-bond acceptors (Lipinski definition) is 6. The van der Waals surface area contributed by atoms with Crippen molar-refractivity contribution in [1.29, 1.82) is 0 Å². The molecule has 0 spiro atoms. The van der Waals surface area contributed by atoms with E-state index in [1.54, 1.807) is 25.4 Å². The van der Waals surface area contributed by atoms with Crippen LogP contribution in [-0.2, 0) is 0 Å². The van der Waals surface area contributed by atoms with Gasteiger partial charge in [0.15, 0.2) is 5.82 Å². The van der Waals surface area contributed by atoms with Crippen LogP contribution in [0.1, 0.15) is 5.69 Å². The minimum atomic E-state index is 0.0277. The highest BCUT2D eigenvalue weighted by Crippen LogP contribution is 2.33. The van der Waals surface area contributed by atoms with Gasteiger partial charge in [0.25, 0.3) is 0 Å². The Kier molecular flexibility index (Phi) is 5.32. The molecule has 8 heteroatoms. The lowest BCUT2D eigenvalue weighted by Gasteiger charge is -2.06. The zero-order valence-electron chi connectivity index (χ0n) is 16.0. The minimum absolute atomic E-state index is 0.0277. The van der Waals surface area contributed by atoms with Crippen LogP contribution in [0.2, 0.25) is 0 Å². The third kappa shape index (κ3) is 4.08. The van der Waals surface area contributed by atoms with Crippen molar-refractivity contribution in [2.24, 2.45) is 0 Å². The lowest BCUT2D eigenvalue weighted by Crippen LogP contribution is -2.17. The SMILES string of the molecule is CNC(=S)c1ccc(Nc2cc(-c3ccc(-c4ccc(O)cc4O)cc3)[nH]n2)cn1. The van der Waals surface area contributed by atoms with Crippen molar-refractivity contribution in [2.75, 3.05) is 12.4 Å². The van der Waals surface area contributed by atoms with Crippen LogP contribution in [0.15, 0.2) is 66.9 Å². The Balaban J connectivity index is 1.49. The van der Waals surface area contributed by atoms with Gasteiger partial charge in [0.05, 0.1) is 23.3 Å². The molecule has 5 N–H and O–H groups in total. The Labute approximate surface area is 178 Å². The maximum atomic E-state index is 10.0. The average molecular weight is 417 g/mol. The molecule has 0 bridgehead atoms. The van der Waals surface area contributed by atoms with Crippen molar-refractivity contribution in [3.05, 3.63) is 72.6 Å². The van der Waals surface area contributed by atoms with Crippen LogP contribution in [0.25, 0.3) is 22.4 Å². The van der Waals surface area contributed by atoms with Crippen molar-refractivity contribution in [2.45, 2.75) is 0 Å². The molecule has 0 aliphatic carbocycles. The van der Waals surface area contributed by atoms with E-state index in [1.807, 2.05) is 42.5 Å². The highest BCUT2D eigenvalue weighted by molar-refractivity contribution is 7.80. The largest absolute Gasteiger partial charge is 0.508 e. The number of H-pyrrole nitrogens is 1. The third-order valence-electron chi connectivity index (χ3n) is 4.56. The van der Waals surface area contributed by atoms with Gasteiger partial charge in [-0.3, -0.25) is 10.1 Å². The summed E-state index contributed by atoms with van der Waals surface area (Å²) in [6.07, 6.45) is 1.70. The van der Waals surface area contributed by atoms with Crippen LogP contribution in [0.3, 0.4) is 0 Å². The van der Waals surface area contributed by atoms with Gasteiger partial charge in [-0.2, -0.15) is 5.10 Å². The zero-order chi connectivity index (χ0) is 21.1. The maximum Gasteiger partial charge on any atom is 0.152 e. The van der Waals surface area contributed by atoms with Gasteiger partial charge in [0, 0.05) is 24.7 Å². The first kappa shape index (κ1) is 19.4. The number of aromatic amines is 1. The van der Waals surface area contributed by atoms with Gasteiger partial charge in [0.2, 0.25) is 0 Å². The maximum absolute atomic E-state index is 10.0. The Bertz CT molecular complexity index is 1190. The number of rotatable bonds is 5. The number of benzene rings is 2. The predicted molar refractivity (Wildman–Crippen MR) is 121 cm³/mol. The molecule has 4 aromatic rings. The Morgan fingerprint density at radius 2 is 1.73 bits per heavy atom. The summed E-state index contributed by atoms with van der Waals surface area (Å²) in [6, 6.07) is 17.9. The van der Waals surface area contributed by atoms with Crippen molar-refractivity contribution >= 4 is 28.7 Å². The van der Waals surface area contributed by atoms with E-state index in [1.165, 1.54) is 6.07 Å². The molecule has 0 aliphatic heterocycles. The number of thiocarbonyl (C=S) groups is 1. The summed E-state index contributed by atoms with van der Waals surface area (Å²) in [6.45, 7) is 0. The van der Waals surface area contributed by atoms with Crippen molar-refractivity contribution in [1.82, 2.24) is 20.5 Å².